The molecule has 18 heavy (non-hydrogen) atoms. The van der Waals surface area contributed by atoms with Crippen molar-refractivity contribution in [3.63, 3.8) is 0 Å². The Morgan fingerprint density at radius 2 is 2.06 bits per heavy atom. The monoisotopic (exact) mass is 246 g/mol. The number of aromatic nitrogens is 1. The predicted octanol–water partition coefficient (Wildman–Crippen LogP) is 0.979. The van der Waals surface area contributed by atoms with Gasteiger partial charge in [-0.3, -0.25) is 10.1 Å². The first kappa shape index (κ1) is 12.0. The molecule has 0 aliphatic carbocycles. The molecular formula is C12H14N4O2. The molecule has 1 unspecified atom stereocenters. The van der Waals surface area contributed by atoms with E-state index in [1.165, 1.54) is 0 Å². The molecule has 0 fully saturated rings. The third-order valence-corrected chi connectivity index (χ3v) is 2.79. The van der Waals surface area contributed by atoms with Crippen LogP contribution in [0.4, 0.5) is 10.5 Å². The summed E-state index contributed by atoms with van der Waals surface area (Å²) in [7, 11) is 0. The van der Waals surface area contributed by atoms with E-state index < -0.39 is 18.0 Å². The van der Waals surface area contributed by atoms with Gasteiger partial charge in [-0.25, -0.2) is 4.79 Å². The van der Waals surface area contributed by atoms with E-state index in [9.17, 15) is 9.59 Å². The molecule has 1 aromatic heterocycles. The highest BCUT2D eigenvalue weighted by Crippen LogP contribution is 2.22. The van der Waals surface area contributed by atoms with Crippen LogP contribution in [0.1, 0.15) is 13.0 Å². The topological polar surface area (TPSA) is 103 Å². The van der Waals surface area contributed by atoms with Gasteiger partial charge in [-0.15, -0.1) is 0 Å². The number of rotatable bonds is 2. The number of nitrogens with zero attached hydrogens (tertiary/aromatic N) is 1. The molecule has 1 heterocycles. The number of amides is 3. The molecular weight excluding hydrogens is 232 g/mol. The van der Waals surface area contributed by atoms with Gasteiger partial charge in [-0.05, 0) is 30.5 Å². The van der Waals surface area contributed by atoms with Crippen molar-refractivity contribution in [2.45, 2.75) is 13.0 Å². The number of hydrogen-bond acceptors (Lipinski definition) is 3. The van der Waals surface area contributed by atoms with E-state index in [0.29, 0.717) is 5.69 Å². The first-order valence-electron chi connectivity index (χ1n) is 5.45. The Hall–Kier alpha value is -2.50. The predicted molar refractivity (Wildman–Crippen MR) is 68.8 cm³/mol. The zero-order chi connectivity index (χ0) is 13.3. The van der Waals surface area contributed by atoms with Crippen molar-refractivity contribution in [1.82, 2.24) is 9.88 Å². The number of primary amides is 1. The minimum atomic E-state index is -0.858. The van der Waals surface area contributed by atoms with E-state index in [1.807, 2.05) is 12.1 Å². The molecule has 94 valence electrons. The van der Waals surface area contributed by atoms with Gasteiger partial charge in [0.05, 0.1) is 5.52 Å². The van der Waals surface area contributed by atoms with E-state index in [2.05, 4.69) is 5.32 Å². The van der Waals surface area contributed by atoms with Crippen molar-refractivity contribution in [2.75, 3.05) is 5.73 Å². The normalized spacial score (nSPS) is 12.3. The van der Waals surface area contributed by atoms with Crippen molar-refractivity contribution in [3.8, 4) is 0 Å². The van der Waals surface area contributed by atoms with Crippen LogP contribution in [0.5, 0.6) is 0 Å². The highest BCUT2D eigenvalue weighted by Gasteiger charge is 2.17. The SMILES string of the molecule is CC(C(=O)NC(N)=O)n1ccc2ccc(N)cc21. The Labute approximate surface area is 104 Å². The van der Waals surface area contributed by atoms with Gasteiger partial charge in [0.25, 0.3) is 5.91 Å². The maximum Gasteiger partial charge on any atom is 0.318 e. The second kappa shape index (κ2) is 4.40. The van der Waals surface area contributed by atoms with Crippen LogP contribution in [0.2, 0.25) is 0 Å². The second-order valence-electron chi connectivity index (χ2n) is 4.07. The number of nitrogen functional groups attached to an aromatic ring is 1. The fraction of sp³-hybridized carbons (Fsp3) is 0.167. The van der Waals surface area contributed by atoms with E-state index >= 15 is 0 Å². The number of benzene rings is 1. The third kappa shape index (κ3) is 2.13. The van der Waals surface area contributed by atoms with Crippen molar-refractivity contribution in [1.29, 1.82) is 0 Å². The third-order valence-electron chi connectivity index (χ3n) is 2.79. The molecule has 6 nitrogen and oxygen atoms in total. The van der Waals surface area contributed by atoms with Crippen LogP contribution in [0.15, 0.2) is 30.5 Å². The number of hydrogen-bond donors (Lipinski definition) is 3. The van der Waals surface area contributed by atoms with Crippen LogP contribution >= 0.6 is 0 Å². The lowest BCUT2D eigenvalue weighted by Gasteiger charge is -2.14. The highest BCUT2D eigenvalue weighted by molar-refractivity contribution is 5.96. The smallest absolute Gasteiger partial charge is 0.318 e. The van der Waals surface area contributed by atoms with Gasteiger partial charge in [-0.2, -0.15) is 0 Å². The number of nitrogens with one attached hydrogen (secondary N) is 1. The summed E-state index contributed by atoms with van der Waals surface area (Å²) in [6, 6.07) is 5.92. The Bertz CT molecular complexity index is 618. The molecule has 5 N–H and O–H groups in total. The fourth-order valence-electron chi connectivity index (χ4n) is 1.86. The van der Waals surface area contributed by atoms with Crippen molar-refractivity contribution in [3.05, 3.63) is 30.5 Å². The maximum absolute atomic E-state index is 11.7. The molecule has 0 saturated heterocycles. The zero-order valence-electron chi connectivity index (χ0n) is 9.88. The molecule has 6 heteroatoms. The van der Waals surface area contributed by atoms with Crippen LogP contribution in [0.25, 0.3) is 10.9 Å². The molecule has 1 aromatic carbocycles. The molecule has 0 bridgehead atoms. The van der Waals surface area contributed by atoms with Gasteiger partial charge in [-0.1, -0.05) is 6.07 Å². The molecule has 0 aliphatic heterocycles. The number of imide groups is 1. The lowest BCUT2D eigenvalue weighted by atomic mass is 10.2. The molecule has 0 spiro atoms. The number of urea groups is 1. The molecule has 2 rings (SSSR count). The van der Waals surface area contributed by atoms with Gasteiger partial charge in [0.2, 0.25) is 0 Å². The standard InChI is InChI=1S/C12H14N4O2/c1-7(11(17)15-12(14)18)16-5-4-8-2-3-9(13)6-10(8)16/h2-7H,13H2,1H3,(H3,14,15,17,18). The summed E-state index contributed by atoms with van der Waals surface area (Å²) in [6.45, 7) is 1.68. The van der Waals surface area contributed by atoms with Crippen LogP contribution < -0.4 is 16.8 Å². The number of fused-ring (bicyclic) bond motifs is 1. The molecule has 0 radical (unpaired) electrons. The van der Waals surface area contributed by atoms with Crippen molar-refractivity contribution < 1.29 is 9.59 Å². The second-order valence-corrected chi connectivity index (χ2v) is 4.07. The van der Waals surface area contributed by atoms with Gasteiger partial charge in [0.15, 0.2) is 0 Å². The lowest BCUT2D eigenvalue weighted by Crippen LogP contribution is -2.38. The van der Waals surface area contributed by atoms with E-state index in [0.717, 1.165) is 10.9 Å². The van der Waals surface area contributed by atoms with E-state index in [4.69, 9.17) is 11.5 Å². The van der Waals surface area contributed by atoms with Gasteiger partial charge in [0, 0.05) is 11.9 Å². The quantitative estimate of drug-likeness (QED) is 0.688. The number of nitrogens with two attached hydrogens (primary N) is 2. The van der Waals surface area contributed by atoms with Gasteiger partial charge in [0.1, 0.15) is 6.04 Å². The minimum Gasteiger partial charge on any atom is -0.399 e. The summed E-state index contributed by atoms with van der Waals surface area (Å²) in [5, 5.41) is 3.03. The summed E-state index contributed by atoms with van der Waals surface area (Å²) in [6.07, 6.45) is 1.77. The van der Waals surface area contributed by atoms with Crippen molar-refractivity contribution in [2.24, 2.45) is 5.73 Å². The van der Waals surface area contributed by atoms with Crippen LogP contribution in [0.3, 0.4) is 0 Å². The average Bonchev–Trinajstić information content (AvgIpc) is 2.69. The number of carbonyl (C=O) groups is 2. The summed E-state index contributed by atoms with van der Waals surface area (Å²) >= 11 is 0. The Balaban J connectivity index is 2.38. The zero-order valence-corrected chi connectivity index (χ0v) is 9.88. The Kier molecular flexibility index (Phi) is 2.93. The fourth-order valence-corrected chi connectivity index (χ4v) is 1.86. The molecule has 2 aromatic rings. The summed E-state index contributed by atoms with van der Waals surface area (Å²) in [5.41, 5.74) is 12.1. The number of carbonyl (C=O) groups excluding carboxylic acids is 2. The first-order valence-corrected chi connectivity index (χ1v) is 5.45. The summed E-state index contributed by atoms with van der Waals surface area (Å²) < 4.78 is 1.74. The van der Waals surface area contributed by atoms with E-state index in [1.54, 1.807) is 29.8 Å². The Morgan fingerprint density at radius 1 is 1.33 bits per heavy atom. The largest absolute Gasteiger partial charge is 0.399 e. The minimum absolute atomic E-state index is 0.456. The average molecular weight is 246 g/mol. The van der Waals surface area contributed by atoms with Crippen LogP contribution in [-0.2, 0) is 4.79 Å². The molecule has 1 atom stereocenters. The molecule has 0 aliphatic rings. The molecule has 0 saturated carbocycles. The number of anilines is 1. The lowest BCUT2D eigenvalue weighted by molar-refractivity contribution is -0.122. The Morgan fingerprint density at radius 3 is 2.72 bits per heavy atom. The van der Waals surface area contributed by atoms with E-state index in [-0.39, 0.29) is 0 Å². The maximum atomic E-state index is 11.7. The van der Waals surface area contributed by atoms with Crippen LogP contribution in [-0.4, -0.2) is 16.5 Å². The molecule has 3 amide bonds. The first-order chi connectivity index (χ1) is 8.49. The summed E-state index contributed by atoms with van der Waals surface area (Å²) in [4.78, 5) is 22.4. The van der Waals surface area contributed by atoms with Gasteiger partial charge < -0.3 is 16.0 Å². The highest BCUT2D eigenvalue weighted by atomic mass is 16.2. The van der Waals surface area contributed by atoms with Crippen molar-refractivity contribution >= 4 is 28.5 Å². The van der Waals surface area contributed by atoms with Gasteiger partial charge >= 0.3 is 6.03 Å². The van der Waals surface area contributed by atoms with Crippen LogP contribution in [0, 0.1) is 0 Å². The summed E-state index contributed by atoms with van der Waals surface area (Å²) in [5.74, 6) is -0.456.